The number of nitrogens with zero attached hydrogens (tertiary/aromatic N) is 2. The summed E-state index contributed by atoms with van der Waals surface area (Å²) < 4.78 is 16.3. The molecule has 1 unspecified atom stereocenters. The Morgan fingerprint density at radius 3 is 2.37 bits per heavy atom. The smallest absolute Gasteiger partial charge is 0.191 e. The second kappa shape index (κ2) is 11.7. The number of ether oxygens (including phenoxy) is 2. The van der Waals surface area contributed by atoms with Crippen molar-refractivity contribution in [2.75, 3.05) is 20.7 Å². The van der Waals surface area contributed by atoms with Gasteiger partial charge in [0.05, 0.1) is 25.9 Å². The Kier molecular flexibility index (Phi) is 9.98. The maximum Gasteiger partial charge on any atom is 0.191 e. The lowest BCUT2D eigenvalue weighted by Gasteiger charge is -2.17. The van der Waals surface area contributed by atoms with Crippen molar-refractivity contribution in [2.45, 2.75) is 39.3 Å². The molecule has 0 aliphatic heterocycles. The number of methoxy groups -OCH3 is 1. The summed E-state index contributed by atoms with van der Waals surface area (Å²) >= 11 is 0. The van der Waals surface area contributed by atoms with E-state index in [1.807, 2.05) is 37.3 Å². The summed E-state index contributed by atoms with van der Waals surface area (Å²) in [6.07, 6.45) is -0.0280. The number of halogens is 1. The van der Waals surface area contributed by atoms with Crippen molar-refractivity contribution < 1.29 is 14.0 Å². The first kappa shape index (κ1) is 23.1. The van der Waals surface area contributed by atoms with Crippen LogP contribution >= 0.6 is 24.0 Å². The molecule has 150 valence electrons. The number of guanidine groups is 1. The first-order valence-electron chi connectivity index (χ1n) is 8.72. The highest BCUT2D eigenvalue weighted by Gasteiger charge is 2.09. The van der Waals surface area contributed by atoms with Gasteiger partial charge in [-0.3, -0.25) is 4.99 Å². The van der Waals surface area contributed by atoms with Crippen molar-refractivity contribution in [2.24, 2.45) is 4.99 Å². The average Bonchev–Trinajstić information content (AvgIpc) is 3.12. The summed E-state index contributed by atoms with van der Waals surface area (Å²) in [5, 5.41) is 10.5. The van der Waals surface area contributed by atoms with E-state index in [4.69, 9.17) is 14.0 Å². The number of hydrogen-bond acceptors (Lipinski definition) is 5. The van der Waals surface area contributed by atoms with Crippen LogP contribution in [0.1, 0.15) is 38.1 Å². The average molecular weight is 488 g/mol. The molecule has 1 atom stereocenters. The Balaban J connectivity index is 0.00000364. The molecule has 0 radical (unpaired) electrons. The third kappa shape index (κ3) is 7.66. The molecule has 27 heavy (non-hydrogen) atoms. The van der Waals surface area contributed by atoms with Crippen LogP contribution in [0.2, 0.25) is 0 Å². The van der Waals surface area contributed by atoms with Crippen LogP contribution in [-0.4, -0.2) is 37.9 Å². The topological polar surface area (TPSA) is 80.9 Å². The van der Waals surface area contributed by atoms with E-state index in [1.54, 1.807) is 14.2 Å². The monoisotopic (exact) mass is 488 g/mol. The minimum absolute atomic E-state index is 0. The van der Waals surface area contributed by atoms with Gasteiger partial charge in [0.25, 0.3) is 0 Å². The lowest BCUT2D eigenvalue weighted by molar-refractivity contribution is 0.223. The van der Waals surface area contributed by atoms with Gasteiger partial charge < -0.3 is 24.6 Å². The van der Waals surface area contributed by atoms with E-state index in [1.165, 1.54) is 0 Å². The number of aliphatic imine (C=N–C) groups is 1. The van der Waals surface area contributed by atoms with Crippen LogP contribution in [-0.2, 0) is 6.54 Å². The predicted molar refractivity (Wildman–Crippen MR) is 117 cm³/mol. The highest BCUT2D eigenvalue weighted by molar-refractivity contribution is 14.0. The molecular weight excluding hydrogens is 459 g/mol. The van der Waals surface area contributed by atoms with Crippen LogP contribution < -0.4 is 20.1 Å². The molecule has 7 nitrogen and oxygen atoms in total. The van der Waals surface area contributed by atoms with Gasteiger partial charge in [0.1, 0.15) is 17.6 Å². The predicted octanol–water partition coefficient (Wildman–Crippen LogP) is 3.56. The summed E-state index contributed by atoms with van der Waals surface area (Å²) in [6, 6.07) is 9.48. The van der Waals surface area contributed by atoms with Crippen molar-refractivity contribution in [3.05, 3.63) is 41.8 Å². The van der Waals surface area contributed by atoms with Gasteiger partial charge in [-0.1, -0.05) is 19.0 Å². The Hall–Kier alpha value is -1.97. The molecule has 0 aliphatic carbocycles. The summed E-state index contributed by atoms with van der Waals surface area (Å²) in [4.78, 5) is 4.21. The van der Waals surface area contributed by atoms with Gasteiger partial charge in [-0.2, -0.15) is 0 Å². The molecule has 0 bridgehead atoms. The zero-order chi connectivity index (χ0) is 18.9. The molecule has 2 rings (SSSR count). The molecule has 1 aromatic carbocycles. The third-order valence-corrected chi connectivity index (χ3v) is 3.78. The SMILES string of the molecule is CN=C(NCc1cc(C(C)C)no1)NCC(C)Oc1ccc(OC)cc1.I. The standard InChI is InChI=1S/C19H28N4O3.HI/c1-13(2)18-10-17(26-23-18)12-22-19(20-4)21-11-14(3)25-16-8-6-15(24-5)7-9-16;/h6-10,13-14H,11-12H2,1-5H3,(H2,20,21,22);1H. The van der Waals surface area contributed by atoms with Crippen molar-refractivity contribution in [3.8, 4) is 11.5 Å². The van der Waals surface area contributed by atoms with E-state index in [-0.39, 0.29) is 30.1 Å². The highest BCUT2D eigenvalue weighted by atomic mass is 127. The van der Waals surface area contributed by atoms with Crippen LogP contribution in [0.15, 0.2) is 39.8 Å². The van der Waals surface area contributed by atoms with E-state index in [2.05, 4.69) is 34.6 Å². The van der Waals surface area contributed by atoms with E-state index >= 15 is 0 Å². The van der Waals surface area contributed by atoms with Gasteiger partial charge in [0.15, 0.2) is 11.7 Å². The third-order valence-electron chi connectivity index (χ3n) is 3.78. The minimum atomic E-state index is -0.0280. The Bertz CT molecular complexity index is 701. The minimum Gasteiger partial charge on any atom is -0.497 e. The van der Waals surface area contributed by atoms with Crippen LogP contribution in [0.3, 0.4) is 0 Å². The van der Waals surface area contributed by atoms with Crippen molar-refractivity contribution in [1.29, 1.82) is 0 Å². The van der Waals surface area contributed by atoms with Gasteiger partial charge in [0, 0.05) is 13.1 Å². The molecule has 0 fully saturated rings. The summed E-state index contributed by atoms with van der Waals surface area (Å²) in [6.45, 7) is 7.29. The van der Waals surface area contributed by atoms with E-state index in [0.29, 0.717) is 25.0 Å². The Morgan fingerprint density at radius 2 is 1.81 bits per heavy atom. The van der Waals surface area contributed by atoms with Crippen LogP contribution in [0.4, 0.5) is 0 Å². The molecule has 0 spiro atoms. The highest BCUT2D eigenvalue weighted by Crippen LogP contribution is 2.18. The first-order chi connectivity index (χ1) is 12.5. The number of rotatable bonds is 8. The molecule has 0 aliphatic rings. The normalized spacial score (nSPS) is 12.3. The largest absolute Gasteiger partial charge is 0.497 e. The molecule has 2 aromatic rings. The number of aromatic nitrogens is 1. The zero-order valence-corrected chi connectivity index (χ0v) is 18.8. The molecule has 0 saturated carbocycles. The van der Waals surface area contributed by atoms with Gasteiger partial charge in [-0.15, -0.1) is 24.0 Å². The molecular formula is C19H29IN4O3. The van der Waals surface area contributed by atoms with E-state index < -0.39 is 0 Å². The van der Waals surface area contributed by atoms with Crippen LogP contribution in [0.25, 0.3) is 0 Å². The molecule has 1 aromatic heterocycles. The second-order valence-corrected chi connectivity index (χ2v) is 6.28. The van der Waals surface area contributed by atoms with E-state index in [9.17, 15) is 0 Å². The Labute approximate surface area is 177 Å². The number of benzene rings is 1. The van der Waals surface area contributed by atoms with Crippen molar-refractivity contribution in [3.63, 3.8) is 0 Å². The zero-order valence-electron chi connectivity index (χ0n) is 16.5. The molecule has 1 heterocycles. The summed E-state index contributed by atoms with van der Waals surface area (Å²) in [7, 11) is 3.37. The second-order valence-electron chi connectivity index (χ2n) is 6.28. The Morgan fingerprint density at radius 1 is 1.15 bits per heavy atom. The fraction of sp³-hybridized carbons (Fsp3) is 0.474. The first-order valence-corrected chi connectivity index (χ1v) is 8.72. The van der Waals surface area contributed by atoms with Crippen molar-refractivity contribution >= 4 is 29.9 Å². The lowest BCUT2D eigenvalue weighted by Crippen LogP contribution is -2.41. The molecule has 2 N–H and O–H groups in total. The van der Waals surface area contributed by atoms with Crippen LogP contribution in [0, 0.1) is 0 Å². The molecule has 0 saturated heterocycles. The maximum atomic E-state index is 5.87. The van der Waals surface area contributed by atoms with Crippen molar-refractivity contribution in [1.82, 2.24) is 15.8 Å². The van der Waals surface area contributed by atoms with Gasteiger partial charge >= 0.3 is 0 Å². The van der Waals surface area contributed by atoms with Crippen LogP contribution in [0.5, 0.6) is 11.5 Å². The summed E-state index contributed by atoms with van der Waals surface area (Å²) in [5.74, 6) is 3.41. The lowest BCUT2D eigenvalue weighted by atomic mass is 10.1. The fourth-order valence-electron chi connectivity index (χ4n) is 2.24. The number of nitrogens with one attached hydrogen (secondary N) is 2. The summed E-state index contributed by atoms with van der Waals surface area (Å²) in [5.41, 5.74) is 0.950. The van der Waals surface area contributed by atoms with Gasteiger partial charge in [-0.25, -0.2) is 0 Å². The quantitative estimate of drug-likeness (QED) is 0.336. The number of hydrogen-bond donors (Lipinski definition) is 2. The van der Waals surface area contributed by atoms with Gasteiger partial charge in [-0.05, 0) is 37.1 Å². The fourth-order valence-corrected chi connectivity index (χ4v) is 2.24. The van der Waals surface area contributed by atoms with E-state index in [0.717, 1.165) is 23.0 Å². The maximum absolute atomic E-state index is 5.87. The van der Waals surface area contributed by atoms with Gasteiger partial charge in [0.2, 0.25) is 0 Å². The molecule has 8 heteroatoms. The molecule has 0 amide bonds.